The summed E-state index contributed by atoms with van der Waals surface area (Å²) in [6.45, 7) is 0.404. The lowest BCUT2D eigenvalue weighted by Crippen LogP contribution is -2.39. The summed E-state index contributed by atoms with van der Waals surface area (Å²) >= 11 is 0. The number of hydrogen-bond acceptors (Lipinski definition) is 4. The third-order valence-electron chi connectivity index (χ3n) is 2.72. The van der Waals surface area contributed by atoms with Gasteiger partial charge in [-0.3, -0.25) is 4.79 Å². The predicted octanol–water partition coefficient (Wildman–Crippen LogP) is -0.459. The van der Waals surface area contributed by atoms with E-state index in [1.165, 1.54) is 0 Å². The lowest BCUT2D eigenvalue weighted by atomic mass is 10.1. The Morgan fingerprint density at radius 2 is 2.39 bits per heavy atom. The average Bonchev–Trinajstić information content (AvgIpc) is 2.85. The number of H-pyrrole nitrogens is 1. The van der Waals surface area contributed by atoms with Crippen molar-refractivity contribution in [2.75, 3.05) is 13.1 Å². The maximum atomic E-state index is 11.3. The van der Waals surface area contributed by atoms with Crippen LogP contribution in [-0.2, 0) is 11.2 Å². The molecule has 0 fully saturated rings. The van der Waals surface area contributed by atoms with Gasteiger partial charge in [0, 0.05) is 13.1 Å². The summed E-state index contributed by atoms with van der Waals surface area (Å²) in [5.41, 5.74) is 8.17. The van der Waals surface area contributed by atoms with E-state index < -0.39 is 12.0 Å². The molecule has 0 saturated carbocycles. The lowest BCUT2D eigenvalue weighted by molar-refractivity contribution is -0.128. The summed E-state index contributed by atoms with van der Waals surface area (Å²) in [4.78, 5) is 18.4. The van der Waals surface area contributed by atoms with Crippen molar-refractivity contribution in [1.29, 1.82) is 0 Å². The van der Waals surface area contributed by atoms with Crippen LogP contribution < -0.4 is 11.1 Å². The van der Waals surface area contributed by atoms with Crippen LogP contribution in [0.3, 0.4) is 0 Å². The van der Waals surface area contributed by atoms with Gasteiger partial charge in [-0.05, 0) is 24.1 Å². The average molecular weight is 248 g/mol. The molecule has 1 heterocycles. The number of carbonyl (C=O) groups is 1. The van der Waals surface area contributed by atoms with Gasteiger partial charge in [-0.1, -0.05) is 6.07 Å². The number of nitrogens with two attached hydrogens (primary N) is 1. The molecular weight excluding hydrogens is 232 g/mol. The van der Waals surface area contributed by atoms with Crippen LogP contribution in [0.2, 0.25) is 0 Å². The Morgan fingerprint density at radius 1 is 1.56 bits per heavy atom. The highest BCUT2D eigenvalue weighted by atomic mass is 16.3. The van der Waals surface area contributed by atoms with Crippen LogP contribution in [0.15, 0.2) is 24.5 Å². The van der Waals surface area contributed by atoms with Crippen LogP contribution in [0.1, 0.15) is 5.56 Å². The fourth-order valence-corrected chi connectivity index (χ4v) is 1.69. The molecule has 96 valence electrons. The van der Waals surface area contributed by atoms with Gasteiger partial charge in [0.1, 0.15) is 6.10 Å². The van der Waals surface area contributed by atoms with Crippen molar-refractivity contribution in [2.24, 2.45) is 5.73 Å². The van der Waals surface area contributed by atoms with Crippen LogP contribution in [0.4, 0.5) is 0 Å². The summed E-state index contributed by atoms with van der Waals surface area (Å²) in [6.07, 6.45) is 1.21. The van der Waals surface area contributed by atoms with E-state index in [1.807, 2.05) is 18.2 Å². The summed E-state index contributed by atoms with van der Waals surface area (Å²) in [7, 11) is 0. The van der Waals surface area contributed by atoms with Crippen LogP contribution in [-0.4, -0.2) is 40.2 Å². The van der Waals surface area contributed by atoms with E-state index in [9.17, 15) is 9.90 Å². The number of aliphatic hydroxyl groups is 1. The minimum atomic E-state index is -1.12. The monoisotopic (exact) mass is 248 g/mol. The van der Waals surface area contributed by atoms with Crippen molar-refractivity contribution in [2.45, 2.75) is 12.5 Å². The Hall–Kier alpha value is -1.92. The molecule has 1 unspecified atom stereocenters. The van der Waals surface area contributed by atoms with Crippen molar-refractivity contribution in [3.8, 4) is 0 Å². The molecule has 2 rings (SSSR count). The molecule has 1 aromatic heterocycles. The fraction of sp³-hybridized carbons (Fsp3) is 0.333. The molecular formula is C12H16N4O2. The molecule has 0 aliphatic carbocycles. The Morgan fingerprint density at radius 3 is 3.17 bits per heavy atom. The van der Waals surface area contributed by atoms with E-state index in [0.717, 1.165) is 16.6 Å². The third-order valence-corrected chi connectivity index (χ3v) is 2.72. The van der Waals surface area contributed by atoms with Gasteiger partial charge in [0.15, 0.2) is 0 Å². The van der Waals surface area contributed by atoms with Crippen LogP contribution >= 0.6 is 0 Å². The first-order valence-corrected chi connectivity index (χ1v) is 5.78. The summed E-state index contributed by atoms with van der Waals surface area (Å²) in [5.74, 6) is -0.430. The molecule has 6 nitrogen and oxygen atoms in total. The summed E-state index contributed by atoms with van der Waals surface area (Å²) in [5, 5.41) is 11.8. The molecule has 2 aromatic rings. The number of hydrogen-bond donors (Lipinski definition) is 4. The van der Waals surface area contributed by atoms with E-state index in [1.54, 1.807) is 6.33 Å². The van der Waals surface area contributed by atoms with Gasteiger partial charge in [-0.2, -0.15) is 0 Å². The number of amides is 1. The number of benzene rings is 1. The zero-order valence-electron chi connectivity index (χ0n) is 9.89. The molecule has 0 spiro atoms. The molecule has 0 saturated heterocycles. The van der Waals surface area contributed by atoms with Crippen molar-refractivity contribution in [1.82, 2.24) is 15.3 Å². The summed E-state index contributed by atoms with van der Waals surface area (Å²) < 4.78 is 0. The SMILES string of the molecule is NCC(O)C(=O)NCCc1ccc2nc[nH]c2c1. The van der Waals surface area contributed by atoms with Gasteiger partial charge in [0.05, 0.1) is 17.4 Å². The highest BCUT2D eigenvalue weighted by Gasteiger charge is 2.11. The highest BCUT2D eigenvalue weighted by Crippen LogP contribution is 2.11. The smallest absolute Gasteiger partial charge is 0.250 e. The fourth-order valence-electron chi connectivity index (χ4n) is 1.69. The second-order valence-corrected chi connectivity index (χ2v) is 4.05. The Balaban J connectivity index is 1.88. The standard InChI is InChI=1S/C12H16N4O2/c13-6-11(17)12(18)14-4-3-8-1-2-9-10(5-8)16-7-15-9/h1-2,5,7,11,17H,3-4,6,13H2,(H,14,18)(H,15,16). The number of imidazole rings is 1. The topological polar surface area (TPSA) is 104 Å². The molecule has 1 amide bonds. The molecule has 0 bridgehead atoms. The molecule has 0 radical (unpaired) electrons. The normalized spacial score (nSPS) is 12.6. The molecule has 6 heteroatoms. The maximum Gasteiger partial charge on any atom is 0.250 e. The number of carbonyl (C=O) groups excluding carboxylic acids is 1. The minimum absolute atomic E-state index is 0.0636. The van der Waals surface area contributed by atoms with E-state index in [2.05, 4.69) is 15.3 Å². The second-order valence-electron chi connectivity index (χ2n) is 4.05. The third kappa shape index (κ3) is 2.85. The highest BCUT2D eigenvalue weighted by molar-refractivity contribution is 5.80. The van der Waals surface area contributed by atoms with Gasteiger partial charge >= 0.3 is 0 Å². The number of nitrogens with one attached hydrogen (secondary N) is 2. The van der Waals surface area contributed by atoms with Gasteiger partial charge in [-0.15, -0.1) is 0 Å². The number of aromatic amines is 1. The molecule has 5 N–H and O–H groups in total. The zero-order chi connectivity index (χ0) is 13.0. The molecule has 18 heavy (non-hydrogen) atoms. The molecule has 1 aromatic carbocycles. The van der Waals surface area contributed by atoms with Crippen LogP contribution in [0.5, 0.6) is 0 Å². The number of aliphatic hydroxyl groups excluding tert-OH is 1. The van der Waals surface area contributed by atoms with Gasteiger partial charge in [0.25, 0.3) is 0 Å². The maximum absolute atomic E-state index is 11.3. The van der Waals surface area contributed by atoms with Crippen molar-refractivity contribution >= 4 is 16.9 Å². The largest absolute Gasteiger partial charge is 0.382 e. The Kier molecular flexibility index (Phi) is 3.91. The number of fused-ring (bicyclic) bond motifs is 1. The van der Waals surface area contributed by atoms with Gasteiger partial charge in [-0.25, -0.2) is 4.98 Å². The van der Waals surface area contributed by atoms with Gasteiger partial charge < -0.3 is 21.1 Å². The number of rotatable bonds is 5. The Bertz CT molecular complexity index is 538. The second kappa shape index (κ2) is 5.61. The first-order chi connectivity index (χ1) is 8.70. The zero-order valence-corrected chi connectivity index (χ0v) is 9.89. The van der Waals surface area contributed by atoms with Crippen molar-refractivity contribution in [3.63, 3.8) is 0 Å². The minimum Gasteiger partial charge on any atom is -0.382 e. The molecule has 1 atom stereocenters. The van der Waals surface area contributed by atoms with E-state index in [4.69, 9.17) is 5.73 Å². The van der Waals surface area contributed by atoms with E-state index in [-0.39, 0.29) is 6.54 Å². The van der Waals surface area contributed by atoms with Crippen LogP contribution in [0, 0.1) is 0 Å². The van der Waals surface area contributed by atoms with Gasteiger partial charge in [0.2, 0.25) is 5.91 Å². The first kappa shape index (κ1) is 12.5. The van der Waals surface area contributed by atoms with E-state index in [0.29, 0.717) is 13.0 Å². The first-order valence-electron chi connectivity index (χ1n) is 5.78. The molecule has 0 aliphatic heterocycles. The predicted molar refractivity (Wildman–Crippen MR) is 67.9 cm³/mol. The van der Waals surface area contributed by atoms with E-state index >= 15 is 0 Å². The molecule has 0 aliphatic rings. The quantitative estimate of drug-likeness (QED) is 0.575. The Labute approximate surface area is 104 Å². The van der Waals surface area contributed by atoms with Crippen LogP contribution in [0.25, 0.3) is 11.0 Å². The summed E-state index contributed by atoms with van der Waals surface area (Å²) in [6, 6.07) is 5.89. The van der Waals surface area contributed by atoms with Crippen molar-refractivity contribution in [3.05, 3.63) is 30.1 Å². The lowest BCUT2D eigenvalue weighted by Gasteiger charge is -2.09. The number of nitrogens with zero attached hydrogens (tertiary/aromatic N) is 1. The van der Waals surface area contributed by atoms with Crippen molar-refractivity contribution < 1.29 is 9.90 Å². The number of aromatic nitrogens is 2.